The molecular formula is C26H47. The van der Waals surface area contributed by atoms with Crippen molar-refractivity contribution in [2.24, 2.45) is 0 Å². The fourth-order valence-electron chi connectivity index (χ4n) is 3.47. The average Bonchev–Trinajstić information content (AvgIpc) is 2.66. The third-order valence-corrected chi connectivity index (χ3v) is 5.19. The van der Waals surface area contributed by atoms with Crippen LogP contribution < -0.4 is 0 Å². The van der Waals surface area contributed by atoms with Crippen molar-refractivity contribution in [2.45, 2.75) is 129 Å². The maximum absolute atomic E-state index is 5.27. The second-order valence-corrected chi connectivity index (χ2v) is 7.80. The minimum atomic E-state index is 1.20. The molecule has 0 aliphatic heterocycles. The van der Waals surface area contributed by atoms with Gasteiger partial charge in [-0.15, -0.1) is 0 Å². The van der Waals surface area contributed by atoms with Gasteiger partial charge >= 0.3 is 0 Å². The second-order valence-electron chi connectivity index (χ2n) is 7.80. The van der Waals surface area contributed by atoms with Gasteiger partial charge in [-0.1, -0.05) is 153 Å². The SMILES string of the molecule is [CH]=CC=CC=CCCCCCCCCCCCCCCCCCCCC. The molecule has 0 heteroatoms. The molecule has 0 aliphatic rings. The predicted octanol–water partition coefficient (Wildman–Crippen LogP) is 9.52. The van der Waals surface area contributed by atoms with Crippen LogP contribution in [0.1, 0.15) is 129 Å². The molecule has 0 aromatic rings. The molecule has 26 heavy (non-hydrogen) atoms. The van der Waals surface area contributed by atoms with Crippen LogP contribution in [0.2, 0.25) is 0 Å². The molecular weight excluding hydrogens is 312 g/mol. The van der Waals surface area contributed by atoms with Crippen molar-refractivity contribution in [3.05, 3.63) is 37.0 Å². The standard InChI is InChI=1S/C26H47/c1-3-5-7-9-11-13-15-17-19-21-23-25-26-24-22-20-18-16-14-12-10-8-6-4-2/h1,3,5,7,9,11H,4,6,8,10,12-26H2,2H3. The lowest BCUT2D eigenvalue weighted by atomic mass is 10.0. The Hall–Kier alpha value is -0.780. The summed E-state index contributed by atoms with van der Waals surface area (Å²) in [7, 11) is 0. The zero-order chi connectivity index (χ0) is 19.0. The van der Waals surface area contributed by atoms with E-state index >= 15 is 0 Å². The van der Waals surface area contributed by atoms with Crippen molar-refractivity contribution in [1.82, 2.24) is 0 Å². The number of rotatable bonds is 21. The van der Waals surface area contributed by atoms with Gasteiger partial charge in [0.05, 0.1) is 0 Å². The van der Waals surface area contributed by atoms with E-state index in [1.807, 2.05) is 12.2 Å². The molecule has 151 valence electrons. The summed E-state index contributed by atoms with van der Waals surface area (Å²) in [4.78, 5) is 0. The van der Waals surface area contributed by atoms with Crippen molar-refractivity contribution in [3.8, 4) is 0 Å². The Labute approximate surface area is 166 Å². The van der Waals surface area contributed by atoms with Gasteiger partial charge in [-0.2, -0.15) is 0 Å². The fraction of sp³-hybridized carbons (Fsp3) is 0.769. The molecule has 0 heterocycles. The summed E-state index contributed by atoms with van der Waals surface area (Å²) in [5, 5.41) is 0. The lowest BCUT2D eigenvalue weighted by Gasteiger charge is -2.03. The molecule has 0 atom stereocenters. The Morgan fingerprint density at radius 2 is 0.846 bits per heavy atom. The van der Waals surface area contributed by atoms with Crippen molar-refractivity contribution in [3.63, 3.8) is 0 Å². The van der Waals surface area contributed by atoms with Gasteiger partial charge in [-0.3, -0.25) is 0 Å². The molecule has 0 spiro atoms. The minimum absolute atomic E-state index is 1.20. The number of hydrogen-bond acceptors (Lipinski definition) is 0. The largest absolute Gasteiger partial charge is 0.0845 e. The van der Waals surface area contributed by atoms with Gasteiger partial charge in [0.25, 0.3) is 0 Å². The van der Waals surface area contributed by atoms with Crippen LogP contribution in [-0.2, 0) is 0 Å². The van der Waals surface area contributed by atoms with E-state index in [9.17, 15) is 0 Å². The van der Waals surface area contributed by atoms with Crippen LogP contribution >= 0.6 is 0 Å². The summed E-state index contributed by atoms with van der Waals surface area (Å²) < 4.78 is 0. The van der Waals surface area contributed by atoms with E-state index in [0.29, 0.717) is 0 Å². The zero-order valence-corrected chi connectivity index (χ0v) is 17.9. The second kappa shape index (κ2) is 24.2. The van der Waals surface area contributed by atoms with E-state index in [-0.39, 0.29) is 0 Å². The lowest BCUT2D eigenvalue weighted by molar-refractivity contribution is 0.525. The van der Waals surface area contributed by atoms with Crippen molar-refractivity contribution >= 4 is 0 Å². The topological polar surface area (TPSA) is 0 Å². The van der Waals surface area contributed by atoms with Gasteiger partial charge in [0.1, 0.15) is 0 Å². The molecule has 0 saturated heterocycles. The Morgan fingerprint density at radius 1 is 0.462 bits per heavy atom. The first kappa shape index (κ1) is 25.2. The minimum Gasteiger partial charge on any atom is -0.0845 e. The monoisotopic (exact) mass is 359 g/mol. The highest BCUT2D eigenvalue weighted by molar-refractivity contribution is 5.07. The third-order valence-electron chi connectivity index (χ3n) is 5.19. The molecule has 0 aromatic carbocycles. The van der Waals surface area contributed by atoms with Crippen LogP contribution in [0, 0.1) is 6.58 Å². The van der Waals surface area contributed by atoms with Crippen LogP contribution in [0.25, 0.3) is 0 Å². The van der Waals surface area contributed by atoms with E-state index < -0.39 is 0 Å². The predicted molar refractivity (Wildman–Crippen MR) is 121 cm³/mol. The van der Waals surface area contributed by atoms with Gasteiger partial charge in [-0.25, -0.2) is 0 Å². The van der Waals surface area contributed by atoms with Gasteiger partial charge in [0.2, 0.25) is 0 Å². The van der Waals surface area contributed by atoms with Gasteiger partial charge in [0.15, 0.2) is 0 Å². The van der Waals surface area contributed by atoms with E-state index in [1.54, 1.807) is 6.08 Å². The summed E-state index contributed by atoms with van der Waals surface area (Å²) in [5.41, 5.74) is 0. The molecule has 0 unspecified atom stereocenters. The molecule has 1 radical (unpaired) electrons. The average molecular weight is 360 g/mol. The Bertz CT molecular complexity index is 310. The van der Waals surface area contributed by atoms with Crippen LogP contribution in [0.5, 0.6) is 0 Å². The summed E-state index contributed by atoms with van der Waals surface area (Å²) >= 11 is 0. The van der Waals surface area contributed by atoms with E-state index in [0.717, 1.165) is 0 Å². The van der Waals surface area contributed by atoms with Crippen molar-refractivity contribution in [1.29, 1.82) is 0 Å². The van der Waals surface area contributed by atoms with E-state index in [4.69, 9.17) is 6.58 Å². The molecule has 0 bridgehead atoms. The van der Waals surface area contributed by atoms with Gasteiger partial charge < -0.3 is 0 Å². The first-order valence-electron chi connectivity index (χ1n) is 11.8. The molecule has 0 amide bonds. The maximum Gasteiger partial charge on any atom is -0.0348 e. The Kier molecular flexibility index (Phi) is 23.5. The van der Waals surface area contributed by atoms with E-state index in [1.165, 1.54) is 122 Å². The Morgan fingerprint density at radius 3 is 1.23 bits per heavy atom. The lowest BCUT2D eigenvalue weighted by Crippen LogP contribution is -1.84. The fourth-order valence-corrected chi connectivity index (χ4v) is 3.47. The number of hydrogen-bond donors (Lipinski definition) is 0. The molecule has 0 rings (SSSR count). The zero-order valence-electron chi connectivity index (χ0n) is 17.9. The summed E-state index contributed by atoms with van der Waals surface area (Å²) in [6.07, 6.45) is 36.9. The van der Waals surface area contributed by atoms with Crippen LogP contribution in [0.4, 0.5) is 0 Å². The van der Waals surface area contributed by atoms with Crippen LogP contribution in [0.15, 0.2) is 30.4 Å². The van der Waals surface area contributed by atoms with E-state index in [2.05, 4.69) is 19.1 Å². The third kappa shape index (κ3) is 23.2. The molecule has 0 saturated carbocycles. The molecule has 0 fully saturated rings. The summed E-state index contributed by atoms with van der Waals surface area (Å²) in [6, 6.07) is 0. The van der Waals surface area contributed by atoms with Crippen LogP contribution in [0.3, 0.4) is 0 Å². The van der Waals surface area contributed by atoms with Gasteiger partial charge in [0, 0.05) is 0 Å². The highest BCUT2D eigenvalue weighted by Crippen LogP contribution is 2.14. The van der Waals surface area contributed by atoms with Crippen molar-refractivity contribution in [2.75, 3.05) is 0 Å². The Balaban J connectivity index is 3.04. The summed E-state index contributed by atoms with van der Waals surface area (Å²) in [5.74, 6) is 0. The highest BCUT2D eigenvalue weighted by atomic mass is 14.0. The number of unbranched alkanes of at least 4 members (excludes halogenated alkanes) is 18. The normalized spacial score (nSPS) is 11.7. The maximum atomic E-state index is 5.27. The molecule has 0 aromatic heterocycles. The van der Waals surface area contributed by atoms with Crippen molar-refractivity contribution < 1.29 is 0 Å². The quantitative estimate of drug-likeness (QED) is 0.141. The summed E-state index contributed by atoms with van der Waals surface area (Å²) in [6.45, 7) is 7.57. The van der Waals surface area contributed by atoms with Gasteiger partial charge in [-0.05, 0) is 12.8 Å². The molecule has 0 N–H and O–H groups in total. The smallest absolute Gasteiger partial charge is 0.0348 e. The number of allylic oxidation sites excluding steroid dienone is 5. The van der Waals surface area contributed by atoms with Crippen LogP contribution in [-0.4, -0.2) is 0 Å². The first-order chi connectivity index (χ1) is 12.9. The molecule has 0 aliphatic carbocycles. The first-order valence-corrected chi connectivity index (χ1v) is 11.8. The molecule has 0 nitrogen and oxygen atoms in total. The highest BCUT2D eigenvalue weighted by Gasteiger charge is 1.94.